The van der Waals surface area contributed by atoms with E-state index in [1.807, 2.05) is 29.8 Å². The summed E-state index contributed by atoms with van der Waals surface area (Å²) in [4.78, 5) is 11.8. The highest BCUT2D eigenvalue weighted by atomic mass is 19.1. The van der Waals surface area contributed by atoms with Gasteiger partial charge in [0.15, 0.2) is 6.61 Å². The Morgan fingerprint density at radius 2 is 1.87 bits per heavy atom. The summed E-state index contributed by atoms with van der Waals surface area (Å²) >= 11 is 0. The molecule has 0 radical (unpaired) electrons. The number of halogens is 1. The molecule has 0 unspecified atom stereocenters. The third kappa shape index (κ3) is 3.93. The maximum absolute atomic E-state index is 13.6. The molecule has 0 saturated carbocycles. The van der Waals surface area contributed by atoms with E-state index < -0.39 is 0 Å². The number of nitrogens with one attached hydrogen (secondary N) is 1. The normalized spacial score (nSPS) is 16.5. The smallest absolute Gasteiger partial charge is 0.262 e. The van der Waals surface area contributed by atoms with Crippen molar-refractivity contribution in [1.82, 2.24) is 9.78 Å². The minimum atomic E-state index is -0.272. The first-order valence-corrected chi connectivity index (χ1v) is 10.6. The lowest BCUT2D eigenvalue weighted by Gasteiger charge is -2.23. The van der Waals surface area contributed by atoms with E-state index in [0.29, 0.717) is 17.4 Å². The fourth-order valence-corrected chi connectivity index (χ4v) is 4.37. The van der Waals surface area contributed by atoms with Crippen molar-refractivity contribution in [2.24, 2.45) is 5.92 Å². The molecule has 1 amide bonds. The van der Waals surface area contributed by atoms with Gasteiger partial charge in [-0.3, -0.25) is 9.48 Å². The number of rotatable bonds is 4. The minimum Gasteiger partial charge on any atom is -0.482 e. The summed E-state index contributed by atoms with van der Waals surface area (Å²) in [5.74, 6) is 0.691. The van der Waals surface area contributed by atoms with Crippen LogP contribution in [0, 0.1) is 18.7 Å². The van der Waals surface area contributed by atoms with Crippen molar-refractivity contribution in [2.75, 3.05) is 25.1 Å². The van der Waals surface area contributed by atoms with Gasteiger partial charge < -0.3 is 14.8 Å². The summed E-state index contributed by atoms with van der Waals surface area (Å²) in [7, 11) is 0. The van der Waals surface area contributed by atoms with E-state index in [-0.39, 0.29) is 18.3 Å². The molecular weight excluding hydrogens is 397 g/mol. The molecule has 1 aromatic heterocycles. The zero-order valence-corrected chi connectivity index (χ0v) is 17.4. The Balaban J connectivity index is 1.62. The van der Waals surface area contributed by atoms with Crippen molar-refractivity contribution in [2.45, 2.75) is 26.3 Å². The molecule has 1 N–H and O–H groups in total. The number of anilines is 1. The molecule has 0 aliphatic carbocycles. The van der Waals surface area contributed by atoms with Crippen LogP contribution in [0.3, 0.4) is 0 Å². The van der Waals surface area contributed by atoms with Gasteiger partial charge in [0, 0.05) is 30.9 Å². The summed E-state index contributed by atoms with van der Waals surface area (Å²) in [5, 5.41) is 7.74. The maximum atomic E-state index is 13.6. The molecule has 6 nitrogen and oxygen atoms in total. The molecule has 2 aromatic carbocycles. The van der Waals surface area contributed by atoms with Crippen molar-refractivity contribution in [1.29, 1.82) is 0 Å². The lowest BCUT2D eigenvalue weighted by Crippen LogP contribution is -2.25. The number of carbonyl (C=O) groups excluding carboxylic acids is 1. The topological polar surface area (TPSA) is 65.4 Å². The second-order valence-electron chi connectivity index (χ2n) is 8.10. The van der Waals surface area contributed by atoms with E-state index in [1.54, 1.807) is 12.1 Å². The van der Waals surface area contributed by atoms with Crippen molar-refractivity contribution in [3.63, 3.8) is 0 Å². The monoisotopic (exact) mass is 421 g/mol. The standard InChI is InChI=1S/C24H24FN3O3/c1-15-23(18-4-7-21-20(12-18)26-22(29)14-31-21)24(17-2-5-19(25)6-3-17)28(27-15)13-16-8-10-30-11-9-16/h2-7,12,16H,8-11,13-14H2,1H3,(H,26,29). The molecule has 7 heteroatoms. The maximum Gasteiger partial charge on any atom is 0.262 e. The Kier molecular flexibility index (Phi) is 5.19. The molecule has 0 spiro atoms. The SMILES string of the molecule is Cc1nn(CC2CCOCC2)c(-c2ccc(F)cc2)c1-c1ccc2c(c1)NC(=O)CO2. The van der Waals surface area contributed by atoms with Crippen LogP contribution in [-0.2, 0) is 16.1 Å². The number of aryl methyl sites for hydroxylation is 1. The van der Waals surface area contributed by atoms with Crippen molar-refractivity contribution >= 4 is 11.6 Å². The molecule has 3 aromatic rings. The van der Waals surface area contributed by atoms with Crippen LogP contribution in [0.15, 0.2) is 42.5 Å². The van der Waals surface area contributed by atoms with Crippen LogP contribution in [0.4, 0.5) is 10.1 Å². The lowest BCUT2D eigenvalue weighted by atomic mass is 9.97. The van der Waals surface area contributed by atoms with Gasteiger partial charge in [-0.2, -0.15) is 5.10 Å². The molecule has 5 rings (SSSR count). The third-order valence-electron chi connectivity index (χ3n) is 5.92. The zero-order valence-electron chi connectivity index (χ0n) is 17.4. The predicted molar refractivity (Wildman–Crippen MR) is 115 cm³/mol. The number of hydrogen-bond acceptors (Lipinski definition) is 4. The van der Waals surface area contributed by atoms with Gasteiger partial charge in [-0.25, -0.2) is 4.39 Å². The Morgan fingerprint density at radius 1 is 1.13 bits per heavy atom. The van der Waals surface area contributed by atoms with Gasteiger partial charge in [0.2, 0.25) is 0 Å². The molecular formula is C24H24FN3O3. The fraction of sp³-hybridized carbons (Fsp3) is 0.333. The van der Waals surface area contributed by atoms with Crippen molar-refractivity contribution in [3.05, 3.63) is 54.0 Å². The highest BCUT2D eigenvalue weighted by Crippen LogP contribution is 2.39. The quantitative estimate of drug-likeness (QED) is 0.677. The summed E-state index contributed by atoms with van der Waals surface area (Å²) in [5.41, 5.74) is 5.29. The molecule has 2 aliphatic heterocycles. The Bertz CT molecular complexity index is 1120. The minimum absolute atomic E-state index is 0.0231. The number of aromatic nitrogens is 2. The summed E-state index contributed by atoms with van der Waals surface area (Å²) < 4.78 is 26.7. The highest BCUT2D eigenvalue weighted by Gasteiger charge is 2.24. The van der Waals surface area contributed by atoms with Crippen LogP contribution in [0.2, 0.25) is 0 Å². The van der Waals surface area contributed by atoms with E-state index in [9.17, 15) is 9.18 Å². The molecule has 0 atom stereocenters. The molecule has 3 heterocycles. The largest absolute Gasteiger partial charge is 0.482 e. The number of fused-ring (bicyclic) bond motifs is 1. The summed E-state index contributed by atoms with van der Waals surface area (Å²) in [6.45, 7) is 4.33. The fourth-order valence-electron chi connectivity index (χ4n) is 4.37. The summed E-state index contributed by atoms with van der Waals surface area (Å²) in [6, 6.07) is 12.3. The van der Waals surface area contributed by atoms with E-state index in [1.165, 1.54) is 12.1 Å². The van der Waals surface area contributed by atoms with Gasteiger partial charge in [-0.1, -0.05) is 6.07 Å². The van der Waals surface area contributed by atoms with Crippen LogP contribution in [0.25, 0.3) is 22.4 Å². The number of carbonyl (C=O) groups is 1. The molecule has 1 fully saturated rings. The molecule has 2 aliphatic rings. The van der Waals surface area contributed by atoms with E-state index in [2.05, 4.69) is 5.32 Å². The lowest BCUT2D eigenvalue weighted by molar-refractivity contribution is -0.118. The van der Waals surface area contributed by atoms with Gasteiger partial charge in [0.1, 0.15) is 11.6 Å². The van der Waals surface area contributed by atoms with Gasteiger partial charge in [-0.15, -0.1) is 0 Å². The zero-order chi connectivity index (χ0) is 21.4. The second kappa shape index (κ2) is 8.15. The first-order valence-electron chi connectivity index (χ1n) is 10.6. The number of ether oxygens (including phenoxy) is 2. The second-order valence-corrected chi connectivity index (χ2v) is 8.10. The number of amides is 1. The average molecular weight is 421 g/mol. The third-order valence-corrected chi connectivity index (χ3v) is 5.92. The number of nitrogens with zero attached hydrogens (tertiary/aromatic N) is 2. The Hall–Kier alpha value is -3.19. The first-order chi connectivity index (χ1) is 15.1. The van der Waals surface area contributed by atoms with Gasteiger partial charge in [-0.05, 0) is 67.6 Å². The van der Waals surface area contributed by atoms with Crippen LogP contribution in [0.5, 0.6) is 5.75 Å². The van der Waals surface area contributed by atoms with Crippen LogP contribution >= 0.6 is 0 Å². The molecule has 160 valence electrons. The van der Waals surface area contributed by atoms with E-state index in [4.69, 9.17) is 14.6 Å². The molecule has 0 bridgehead atoms. The number of benzene rings is 2. The first kappa shape index (κ1) is 19.8. The van der Waals surface area contributed by atoms with E-state index >= 15 is 0 Å². The van der Waals surface area contributed by atoms with Gasteiger partial charge >= 0.3 is 0 Å². The van der Waals surface area contributed by atoms with Crippen LogP contribution < -0.4 is 10.1 Å². The van der Waals surface area contributed by atoms with Crippen molar-refractivity contribution < 1.29 is 18.7 Å². The Morgan fingerprint density at radius 3 is 2.65 bits per heavy atom. The van der Waals surface area contributed by atoms with E-state index in [0.717, 1.165) is 60.7 Å². The van der Waals surface area contributed by atoms with Crippen LogP contribution in [0.1, 0.15) is 18.5 Å². The van der Waals surface area contributed by atoms with Crippen molar-refractivity contribution in [3.8, 4) is 28.1 Å². The Labute approximate surface area is 180 Å². The molecule has 31 heavy (non-hydrogen) atoms. The number of hydrogen-bond donors (Lipinski definition) is 1. The predicted octanol–water partition coefficient (Wildman–Crippen LogP) is 4.42. The van der Waals surface area contributed by atoms with Gasteiger partial charge in [0.05, 0.1) is 17.1 Å². The highest BCUT2D eigenvalue weighted by molar-refractivity contribution is 5.97. The molecule has 1 saturated heterocycles. The summed E-state index contributed by atoms with van der Waals surface area (Å²) in [6.07, 6.45) is 2.00. The van der Waals surface area contributed by atoms with Gasteiger partial charge in [0.25, 0.3) is 5.91 Å². The average Bonchev–Trinajstić information content (AvgIpc) is 3.10. The van der Waals surface area contributed by atoms with Crippen LogP contribution in [-0.4, -0.2) is 35.5 Å².